The second-order valence-corrected chi connectivity index (χ2v) is 20.0. The Morgan fingerprint density at radius 1 is 0.833 bits per heavy atom. The van der Waals surface area contributed by atoms with Gasteiger partial charge in [0.2, 0.25) is 0 Å². The Bertz CT molecular complexity index is 3000. The van der Waals surface area contributed by atoms with E-state index < -0.39 is 0 Å². The van der Waals surface area contributed by atoms with Gasteiger partial charge in [-0.25, -0.2) is 0 Å². The standard InChI is InChI=1S/C47H32S/c1-2-5-46(23-4-3-6-48-23)45-22-13-20-11-17-9-18-8-15-7-16-10-19-12-21-14-47(45,46)44-30(21)35-29(19)34-25(16)24(15)32-28(18)33-26(17)27(20)36-31(22)43(44)42-40(35)38(34)37(32)39(33)41(36)42/h3-4,6,8,10,13,17,19-21,25-26,29,34,45H,2,5,7,9,11-12,14H2,1H3. The highest BCUT2D eigenvalue weighted by atomic mass is 32.1. The smallest absolute Gasteiger partial charge is 0.0228 e. The molecule has 11 unspecified atom stereocenters. The average molecular weight is 629 g/mol. The molecule has 0 nitrogen and oxygen atoms in total. The number of allylic oxidation sites excluding steroid dienone is 4. The molecule has 1 spiro atoms. The lowest BCUT2D eigenvalue weighted by molar-refractivity contribution is 0.319. The van der Waals surface area contributed by atoms with Crippen molar-refractivity contribution in [3.8, 4) is 0 Å². The molecule has 1 heteroatoms. The molecule has 226 valence electrons. The molecule has 0 aliphatic heterocycles. The van der Waals surface area contributed by atoms with Gasteiger partial charge < -0.3 is 0 Å². The molecule has 0 amide bonds. The van der Waals surface area contributed by atoms with Crippen LogP contribution in [0, 0.1) is 23.7 Å². The van der Waals surface area contributed by atoms with Crippen LogP contribution in [0.3, 0.4) is 0 Å². The van der Waals surface area contributed by atoms with Crippen LogP contribution in [0.2, 0.25) is 0 Å². The van der Waals surface area contributed by atoms with E-state index in [1.165, 1.54) is 44.9 Å². The summed E-state index contributed by atoms with van der Waals surface area (Å²) in [7, 11) is 0. The van der Waals surface area contributed by atoms with Crippen molar-refractivity contribution in [1.29, 1.82) is 0 Å². The van der Waals surface area contributed by atoms with Crippen molar-refractivity contribution in [2.75, 3.05) is 0 Å². The molecule has 2 saturated carbocycles. The van der Waals surface area contributed by atoms with Crippen molar-refractivity contribution in [1.82, 2.24) is 0 Å². The lowest BCUT2D eigenvalue weighted by atomic mass is 9.59. The van der Waals surface area contributed by atoms with Crippen molar-refractivity contribution < 1.29 is 0 Å². The van der Waals surface area contributed by atoms with Crippen molar-refractivity contribution in [3.63, 3.8) is 0 Å². The second-order valence-electron chi connectivity index (χ2n) is 19.1. The second kappa shape index (κ2) is 5.91. The molecule has 1 aromatic heterocycles. The molecular formula is C47H32S. The summed E-state index contributed by atoms with van der Waals surface area (Å²) in [6.45, 7) is 2.50. The molecule has 18 rings (SSSR count). The van der Waals surface area contributed by atoms with Crippen molar-refractivity contribution in [2.45, 2.75) is 92.3 Å². The molecule has 0 N–H and O–H groups in total. The molecular weight excluding hydrogens is 597 g/mol. The molecule has 5 aromatic carbocycles. The van der Waals surface area contributed by atoms with Gasteiger partial charge in [0.1, 0.15) is 0 Å². The summed E-state index contributed by atoms with van der Waals surface area (Å²) in [5.74, 6) is 6.35. The van der Waals surface area contributed by atoms with Gasteiger partial charge in [-0.2, -0.15) is 0 Å². The highest BCUT2D eigenvalue weighted by Crippen LogP contribution is 2.88. The first-order valence-corrected chi connectivity index (χ1v) is 20.5. The predicted molar refractivity (Wildman–Crippen MR) is 194 cm³/mol. The van der Waals surface area contributed by atoms with Crippen LogP contribution in [0.1, 0.15) is 124 Å². The lowest BCUT2D eigenvalue weighted by Gasteiger charge is -2.44. The number of fused-ring (bicyclic) bond motifs is 1. The third kappa shape index (κ3) is 1.58. The maximum atomic E-state index is 2.98. The first-order valence-electron chi connectivity index (χ1n) is 19.6. The van der Waals surface area contributed by atoms with Gasteiger partial charge in [-0.1, -0.05) is 43.2 Å². The van der Waals surface area contributed by atoms with Crippen LogP contribution >= 0.6 is 11.3 Å². The Kier molecular flexibility index (Phi) is 2.75. The van der Waals surface area contributed by atoms with E-state index in [0.29, 0.717) is 35.0 Å². The molecule has 1 heterocycles. The monoisotopic (exact) mass is 628 g/mol. The Balaban J connectivity index is 1.19. The van der Waals surface area contributed by atoms with E-state index in [-0.39, 0.29) is 5.41 Å². The van der Waals surface area contributed by atoms with Crippen molar-refractivity contribution >= 4 is 65.6 Å². The predicted octanol–water partition coefficient (Wildman–Crippen LogP) is 10.3. The van der Waals surface area contributed by atoms with Gasteiger partial charge >= 0.3 is 0 Å². The van der Waals surface area contributed by atoms with Crippen LogP contribution in [-0.2, 0) is 23.7 Å². The summed E-state index contributed by atoms with van der Waals surface area (Å²) in [5.41, 5.74) is 22.9. The quantitative estimate of drug-likeness (QED) is 0.171. The fraction of sp³-hybridized carbons (Fsp3) is 0.404. The molecule has 0 bridgehead atoms. The van der Waals surface area contributed by atoms with Crippen LogP contribution in [0.4, 0.5) is 0 Å². The van der Waals surface area contributed by atoms with Crippen molar-refractivity contribution in [3.05, 3.63) is 101 Å². The highest BCUT2D eigenvalue weighted by molar-refractivity contribution is 7.10. The maximum Gasteiger partial charge on any atom is 0.0228 e. The largest absolute Gasteiger partial charge is 0.148 e. The van der Waals surface area contributed by atoms with Crippen LogP contribution in [0.25, 0.3) is 54.2 Å². The molecule has 12 aliphatic carbocycles. The van der Waals surface area contributed by atoms with Crippen LogP contribution < -0.4 is 5.22 Å². The molecule has 48 heavy (non-hydrogen) atoms. The third-order valence-electron chi connectivity index (χ3n) is 18.5. The van der Waals surface area contributed by atoms with Gasteiger partial charge in [0, 0.05) is 45.3 Å². The zero-order valence-corrected chi connectivity index (χ0v) is 27.8. The van der Waals surface area contributed by atoms with Crippen LogP contribution in [-0.4, -0.2) is 0 Å². The number of benzene rings is 3. The first-order chi connectivity index (χ1) is 23.8. The number of rotatable bonds is 3. The fourth-order valence-electron chi connectivity index (χ4n) is 18.3. The Hall–Kier alpha value is -3.42. The normalized spacial score (nSPS) is 42.2. The summed E-state index contributed by atoms with van der Waals surface area (Å²) in [6.07, 6.45) is 15.4. The molecule has 2 fully saturated rings. The van der Waals surface area contributed by atoms with E-state index in [2.05, 4.69) is 54.0 Å². The minimum Gasteiger partial charge on any atom is -0.148 e. The molecule has 6 aromatic rings. The summed E-state index contributed by atoms with van der Waals surface area (Å²) < 4.78 is 0. The summed E-state index contributed by atoms with van der Waals surface area (Å²) >= 11 is 2.11. The number of hydrogen-bond donors (Lipinski definition) is 0. The summed E-state index contributed by atoms with van der Waals surface area (Å²) in [5, 5.41) is 18.8. The van der Waals surface area contributed by atoms with Gasteiger partial charge in [-0.3, -0.25) is 0 Å². The maximum absolute atomic E-state index is 2.98. The van der Waals surface area contributed by atoms with E-state index in [0.717, 1.165) is 23.7 Å². The van der Waals surface area contributed by atoms with Gasteiger partial charge in [-0.15, -0.1) is 11.3 Å². The van der Waals surface area contributed by atoms with Crippen molar-refractivity contribution in [2.24, 2.45) is 23.7 Å². The SMILES string of the molecule is CCCC1(c2cccs2)C2C3=CC4CC5Cc6cc7c8c9c6c6c%10c9c9c%11c%12c%13c(c%14c3c(c%10c%14%11)=C4C65)C21CC%13CC1C=C(C7)C8C9C%121. The summed E-state index contributed by atoms with van der Waals surface area (Å²) in [6, 6.07) is 7.76. The minimum atomic E-state index is 0.288. The fourth-order valence-corrected chi connectivity index (χ4v) is 19.4. The van der Waals surface area contributed by atoms with Gasteiger partial charge in [0.05, 0.1) is 0 Å². The van der Waals surface area contributed by atoms with E-state index >= 15 is 0 Å². The molecule has 0 radical (unpaired) electrons. The van der Waals surface area contributed by atoms with E-state index in [9.17, 15) is 0 Å². The van der Waals surface area contributed by atoms with Gasteiger partial charge in [0.25, 0.3) is 0 Å². The topological polar surface area (TPSA) is 0 Å². The zero-order valence-electron chi connectivity index (χ0n) is 27.0. The summed E-state index contributed by atoms with van der Waals surface area (Å²) in [4.78, 5) is 1.73. The molecule has 11 atom stereocenters. The Morgan fingerprint density at radius 3 is 2.69 bits per heavy atom. The minimum absolute atomic E-state index is 0.288. The van der Waals surface area contributed by atoms with Crippen LogP contribution in [0.15, 0.2) is 41.3 Å². The highest BCUT2D eigenvalue weighted by Gasteiger charge is 2.83. The van der Waals surface area contributed by atoms with Crippen LogP contribution in [0.5, 0.6) is 0 Å². The number of thiophene rings is 1. The Labute approximate surface area is 281 Å². The van der Waals surface area contributed by atoms with E-state index in [4.69, 9.17) is 0 Å². The zero-order chi connectivity index (χ0) is 29.8. The van der Waals surface area contributed by atoms with E-state index in [1.54, 1.807) is 32.2 Å². The Morgan fingerprint density at radius 2 is 1.77 bits per heavy atom. The molecule has 0 saturated heterocycles. The average Bonchev–Trinajstić information content (AvgIpc) is 3.86. The van der Waals surface area contributed by atoms with E-state index in [1.807, 2.05) is 87.8 Å². The number of hydrogen-bond acceptors (Lipinski definition) is 1. The lowest BCUT2D eigenvalue weighted by Crippen LogP contribution is -2.31. The molecule has 12 aliphatic rings. The first kappa shape index (κ1) is 22.3. The van der Waals surface area contributed by atoms with Gasteiger partial charge in [0.15, 0.2) is 0 Å². The van der Waals surface area contributed by atoms with Gasteiger partial charge in [-0.05, 0) is 183 Å². The third-order valence-corrected chi connectivity index (χ3v) is 19.5.